The van der Waals surface area contributed by atoms with Crippen LogP contribution in [0.4, 0.5) is 0 Å². The maximum absolute atomic E-state index is 12.9. The average molecular weight is 443 g/mol. The second-order valence-electron chi connectivity index (χ2n) is 8.62. The highest BCUT2D eigenvalue weighted by molar-refractivity contribution is 5.97. The van der Waals surface area contributed by atoms with Crippen molar-refractivity contribution in [3.63, 3.8) is 0 Å². The smallest absolute Gasteiger partial charge is 0.323 e. The Kier molecular flexibility index (Phi) is 7.96. The van der Waals surface area contributed by atoms with Crippen molar-refractivity contribution in [1.29, 1.82) is 0 Å². The maximum atomic E-state index is 12.9. The highest BCUT2D eigenvalue weighted by atomic mass is 16.5. The van der Waals surface area contributed by atoms with E-state index in [0.29, 0.717) is 42.5 Å². The lowest BCUT2D eigenvalue weighted by atomic mass is 9.85. The van der Waals surface area contributed by atoms with E-state index in [1.807, 2.05) is 0 Å². The summed E-state index contributed by atoms with van der Waals surface area (Å²) in [6.07, 6.45) is 5.89. The number of nitrogens with zero attached hydrogens (tertiary/aromatic N) is 1. The average Bonchev–Trinajstić information content (AvgIpc) is 3.20. The van der Waals surface area contributed by atoms with Crippen LogP contribution in [0, 0.1) is 5.92 Å². The first-order valence-electron chi connectivity index (χ1n) is 11.0. The molecule has 7 heteroatoms. The molecule has 1 fully saturated rings. The van der Waals surface area contributed by atoms with Crippen LogP contribution in [-0.2, 0) is 9.53 Å². The molecule has 0 bridgehead atoms. The molecule has 32 heavy (non-hydrogen) atoms. The van der Waals surface area contributed by atoms with Gasteiger partial charge < -0.3 is 19.5 Å². The number of esters is 1. The first-order chi connectivity index (χ1) is 15.4. The summed E-state index contributed by atoms with van der Waals surface area (Å²) < 4.78 is 15.6. The third kappa shape index (κ3) is 5.51. The molecule has 0 spiro atoms. The standard InChI is InChI=1S/C25H34N2O5/c1-16(2)18-8-6-17(7-9-18)14-27-15-19(12-22(27)25(29)32-5)26-24(28)21-11-10-20(30-3)13-23(21)31-4/h6,10-11,13,18-19,22H,1,7-9,12,14-15H2,2-5H3,(H,26,28)/t18-,19-,22+/m1/s1. The van der Waals surface area contributed by atoms with Gasteiger partial charge in [-0.3, -0.25) is 14.5 Å². The molecule has 0 radical (unpaired) electrons. The van der Waals surface area contributed by atoms with Crippen molar-refractivity contribution in [2.24, 2.45) is 5.92 Å². The van der Waals surface area contributed by atoms with E-state index in [0.717, 1.165) is 19.3 Å². The van der Waals surface area contributed by atoms with Gasteiger partial charge in [0, 0.05) is 25.2 Å². The first kappa shape index (κ1) is 23.9. The van der Waals surface area contributed by atoms with E-state index in [1.165, 1.54) is 25.4 Å². The lowest BCUT2D eigenvalue weighted by Gasteiger charge is -2.27. The number of methoxy groups -OCH3 is 3. The molecule has 1 amide bonds. The van der Waals surface area contributed by atoms with Gasteiger partial charge in [0.05, 0.1) is 26.9 Å². The molecule has 1 saturated heterocycles. The number of rotatable bonds is 8. The van der Waals surface area contributed by atoms with Crippen molar-refractivity contribution in [1.82, 2.24) is 10.2 Å². The van der Waals surface area contributed by atoms with Crippen LogP contribution in [-0.4, -0.2) is 63.3 Å². The Labute approximate surface area is 190 Å². The van der Waals surface area contributed by atoms with Crippen molar-refractivity contribution >= 4 is 11.9 Å². The summed E-state index contributed by atoms with van der Waals surface area (Å²) >= 11 is 0. The molecule has 7 nitrogen and oxygen atoms in total. The minimum atomic E-state index is -0.372. The van der Waals surface area contributed by atoms with Crippen molar-refractivity contribution < 1.29 is 23.8 Å². The summed E-state index contributed by atoms with van der Waals surface area (Å²) in [6, 6.07) is 4.56. The molecule has 3 atom stereocenters. The predicted molar refractivity (Wildman–Crippen MR) is 123 cm³/mol. The van der Waals surface area contributed by atoms with Gasteiger partial charge in [0.15, 0.2) is 0 Å². The molecule has 2 aliphatic rings. The Morgan fingerprint density at radius 2 is 2.00 bits per heavy atom. The van der Waals surface area contributed by atoms with E-state index in [1.54, 1.807) is 25.3 Å². The minimum Gasteiger partial charge on any atom is -0.497 e. The van der Waals surface area contributed by atoms with Crippen LogP contribution in [0.2, 0.25) is 0 Å². The Balaban J connectivity index is 1.68. The minimum absolute atomic E-state index is 0.161. The number of nitrogens with one attached hydrogen (secondary N) is 1. The molecule has 3 rings (SSSR count). The predicted octanol–water partition coefficient (Wildman–Crippen LogP) is 3.35. The van der Waals surface area contributed by atoms with Gasteiger partial charge in [-0.05, 0) is 50.7 Å². The summed E-state index contributed by atoms with van der Waals surface area (Å²) in [5.41, 5.74) is 2.99. The van der Waals surface area contributed by atoms with Gasteiger partial charge in [-0.2, -0.15) is 0 Å². The summed E-state index contributed by atoms with van der Waals surface area (Å²) in [6.45, 7) is 7.46. The number of carbonyl (C=O) groups excluding carboxylic acids is 2. The molecule has 1 aliphatic carbocycles. The number of hydrogen-bond acceptors (Lipinski definition) is 6. The fourth-order valence-electron chi connectivity index (χ4n) is 4.55. The topological polar surface area (TPSA) is 77.1 Å². The number of carbonyl (C=O) groups is 2. The van der Waals surface area contributed by atoms with Gasteiger partial charge in [0.1, 0.15) is 17.5 Å². The van der Waals surface area contributed by atoms with Crippen LogP contribution in [0.15, 0.2) is 42.0 Å². The molecular formula is C25H34N2O5. The molecule has 1 aromatic rings. The molecule has 1 heterocycles. The maximum Gasteiger partial charge on any atom is 0.323 e. The number of ether oxygens (including phenoxy) is 3. The zero-order valence-electron chi connectivity index (χ0n) is 19.5. The van der Waals surface area contributed by atoms with Crippen molar-refractivity contribution in [3.8, 4) is 11.5 Å². The number of amides is 1. The third-order valence-electron chi connectivity index (χ3n) is 6.47. The lowest BCUT2D eigenvalue weighted by molar-refractivity contribution is -0.145. The molecule has 0 unspecified atom stereocenters. The molecule has 1 aliphatic heterocycles. The summed E-state index contributed by atoms with van der Waals surface area (Å²) in [4.78, 5) is 27.5. The monoisotopic (exact) mass is 442 g/mol. The lowest BCUT2D eigenvalue weighted by Crippen LogP contribution is -2.39. The first-order valence-corrected chi connectivity index (χ1v) is 11.0. The fraction of sp³-hybridized carbons (Fsp3) is 0.520. The van der Waals surface area contributed by atoms with Gasteiger partial charge in [0.2, 0.25) is 0 Å². The Hall–Kier alpha value is -2.80. The Morgan fingerprint density at radius 1 is 1.22 bits per heavy atom. The molecule has 0 aromatic heterocycles. The van der Waals surface area contributed by atoms with E-state index >= 15 is 0 Å². The number of likely N-dealkylation sites (tertiary alicyclic amines) is 1. The van der Waals surface area contributed by atoms with Gasteiger partial charge in [-0.25, -0.2) is 0 Å². The Morgan fingerprint density at radius 3 is 2.59 bits per heavy atom. The Bertz CT molecular complexity index is 894. The zero-order valence-corrected chi connectivity index (χ0v) is 19.5. The summed E-state index contributed by atoms with van der Waals surface area (Å²) in [5, 5.41) is 3.07. The van der Waals surface area contributed by atoms with Crippen LogP contribution in [0.1, 0.15) is 43.0 Å². The highest BCUT2D eigenvalue weighted by Gasteiger charge is 2.38. The number of allylic oxidation sites excluding steroid dienone is 2. The van der Waals surface area contributed by atoms with E-state index in [4.69, 9.17) is 14.2 Å². The SMILES string of the molecule is C=C(C)[C@@H]1CC=C(CN2C[C@H](NC(=O)c3ccc(OC)cc3OC)C[C@H]2C(=O)OC)CC1. The zero-order chi connectivity index (χ0) is 23.3. The van der Waals surface area contributed by atoms with Gasteiger partial charge in [-0.15, -0.1) is 0 Å². The van der Waals surface area contributed by atoms with Gasteiger partial charge in [0.25, 0.3) is 5.91 Å². The molecule has 174 valence electrons. The molecule has 1 N–H and O–H groups in total. The summed E-state index contributed by atoms with van der Waals surface area (Å²) in [7, 11) is 4.49. The van der Waals surface area contributed by atoms with E-state index in [2.05, 4.69) is 29.8 Å². The van der Waals surface area contributed by atoms with Crippen molar-refractivity contribution in [3.05, 3.63) is 47.6 Å². The van der Waals surface area contributed by atoms with Gasteiger partial charge >= 0.3 is 5.97 Å². The third-order valence-corrected chi connectivity index (χ3v) is 6.47. The van der Waals surface area contributed by atoms with Crippen molar-refractivity contribution in [2.45, 2.75) is 44.7 Å². The molecule has 1 aromatic carbocycles. The largest absolute Gasteiger partial charge is 0.497 e. The van der Waals surface area contributed by atoms with Crippen LogP contribution < -0.4 is 14.8 Å². The van der Waals surface area contributed by atoms with E-state index in [-0.39, 0.29) is 24.0 Å². The highest BCUT2D eigenvalue weighted by Crippen LogP contribution is 2.31. The van der Waals surface area contributed by atoms with Crippen LogP contribution in [0.3, 0.4) is 0 Å². The summed E-state index contributed by atoms with van der Waals surface area (Å²) in [5.74, 6) is 1.10. The van der Waals surface area contributed by atoms with Crippen LogP contribution in [0.5, 0.6) is 11.5 Å². The second kappa shape index (κ2) is 10.7. The van der Waals surface area contributed by atoms with Crippen molar-refractivity contribution in [2.75, 3.05) is 34.4 Å². The van der Waals surface area contributed by atoms with E-state index < -0.39 is 0 Å². The number of hydrogen-bond donors (Lipinski definition) is 1. The van der Waals surface area contributed by atoms with Crippen LogP contribution >= 0.6 is 0 Å². The fourth-order valence-corrected chi connectivity index (χ4v) is 4.55. The molecule has 0 saturated carbocycles. The normalized spacial score (nSPS) is 23.2. The van der Waals surface area contributed by atoms with E-state index in [9.17, 15) is 9.59 Å². The van der Waals surface area contributed by atoms with Crippen LogP contribution in [0.25, 0.3) is 0 Å². The molecular weight excluding hydrogens is 408 g/mol. The number of benzene rings is 1. The quantitative estimate of drug-likeness (QED) is 0.492. The van der Waals surface area contributed by atoms with Gasteiger partial charge in [-0.1, -0.05) is 23.8 Å². The second-order valence-corrected chi connectivity index (χ2v) is 8.62.